The van der Waals surface area contributed by atoms with E-state index in [-0.39, 0.29) is 11.3 Å². The Labute approximate surface area is 189 Å². The summed E-state index contributed by atoms with van der Waals surface area (Å²) in [4.78, 5) is 27.6. The van der Waals surface area contributed by atoms with Crippen molar-refractivity contribution in [3.05, 3.63) is 89.1 Å². The summed E-state index contributed by atoms with van der Waals surface area (Å²) in [5.41, 5.74) is 1.00. The molecular weight excluding hydrogens is 430 g/mol. The van der Waals surface area contributed by atoms with Crippen LogP contribution in [0.3, 0.4) is 0 Å². The number of methoxy groups -OCH3 is 2. The number of carbonyl (C=O) groups excluding carboxylic acids is 2. The molecule has 168 valence electrons. The van der Waals surface area contributed by atoms with Crippen LogP contribution in [0.25, 0.3) is 5.57 Å². The van der Waals surface area contributed by atoms with Crippen LogP contribution in [0.1, 0.15) is 11.1 Å². The van der Waals surface area contributed by atoms with Gasteiger partial charge in [0.1, 0.15) is 28.8 Å². The van der Waals surface area contributed by atoms with E-state index in [0.29, 0.717) is 27.6 Å². The number of amides is 2. The number of anilines is 2. The molecule has 0 saturated carbocycles. The summed E-state index contributed by atoms with van der Waals surface area (Å²) in [6.45, 7) is 1.86. The third-order valence-corrected chi connectivity index (χ3v) is 5.22. The van der Waals surface area contributed by atoms with Crippen LogP contribution in [0, 0.1) is 18.6 Å². The van der Waals surface area contributed by atoms with Gasteiger partial charge in [-0.2, -0.15) is 0 Å². The van der Waals surface area contributed by atoms with Gasteiger partial charge in [0.25, 0.3) is 11.8 Å². The Morgan fingerprint density at radius 3 is 2.30 bits per heavy atom. The lowest BCUT2D eigenvalue weighted by Crippen LogP contribution is -2.33. The van der Waals surface area contributed by atoms with Crippen LogP contribution in [0.4, 0.5) is 20.2 Å². The Morgan fingerprint density at radius 1 is 0.848 bits per heavy atom. The number of imide groups is 1. The van der Waals surface area contributed by atoms with Gasteiger partial charge in [0, 0.05) is 11.6 Å². The highest BCUT2D eigenvalue weighted by Crippen LogP contribution is 2.39. The third kappa shape index (κ3) is 3.91. The zero-order valence-electron chi connectivity index (χ0n) is 18.1. The van der Waals surface area contributed by atoms with Crippen LogP contribution in [0.5, 0.6) is 11.5 Å². The van der Waals surface area contributed by atoms with E-state index in [1.807, 2.05) is 13.0 Å². The number of ether oxygens (including phenoxy) is 2. The molecule has 0 aliphatic carbocycles. The van der Waals surface area contributed by atoms with Crippen LogP contribution in [-0.2, 0) is 9.59 Å². The van der Waals surface area contributed by atoms with Crippen molar-refractivity contribution in [1.82, 2.24) is 0 Å². The molecule has 0 atom stereocenters. The SMILES string of the molecule is COc1ccc(C)cc1NC1=C(c2ccccc2OC)C(=O)N(c2cc(F)ccc2F)C1=O. The van der Waals surface area contributed by atoms with Gasteiger partial charge in [0.05, 0.1) is 31.2 Å². The molecule has 3 aromatic rings. The molecule has 2 amide bonds. The van der Waals surface area contributed by atoms with E-state index in [2.05, 4.69) is 5.32 Å². The fourth-order valence-electron chi connectivity index (χ4n) is 3.68. The summed E-state index contributed by atoms with van der Waals surface area (Å²) in [6, 6.07) is 14.5. The van der Waals surface area contributed by atoms with Crippen LogP contribution >= 0.6 is 0 Å². The molecule has 3 aromatic carbocycles. The molecule has 4 rings (SSSR count). The number of rotatable bonds is 6. The van der Waals surface area contributed by atoms with Crippen molar-refractivity contribution in [3.8, 4) is 11.5 Å². The van der Waals surface area contributed by atoms with Crippen molar-refractivity contribution >= 4 is 28.8 Å². The molecule has 0 aromatic heterocycles. The molecule has 1 heterocycles. The standard InChI is InChI=1S/C25H20F2N2O4/c1-14-8-11-21(33-3)18(12-14)28-23-22(16-6-4-5-7-20(16)32-2)24(30)29(25(23)31)19-13-15(26)9-10-17(19)27/h4-13,28H,1-3H3. The molecule has 0 spiro atoms. The van der Waals surface area contributed by atoms with Gasteiger partial charge in [0.2, 0.25) is 0 Å². The number of aryl methyl sites for hydroxylation is 1. The van der Waals surface area contributed by atoms with Gasteiger partial charge in [-0.1, -0.05) is 24.3 Å². The minimum Gasteiger partial charge on any atom is -0.496 e. The zero-order chi connectivity index (χ0) is 23.7. The Morgan fingerprint density at radius 2 is 1.58 bits per heavy atom. The largest absolute Gasteiger partial charge is 0.496 e. The van der Waals surface area contributed by atoms with E-state index in [1.165, 1.54) is 14.2 Å². The molecule has 1 aliphatic heterocycles. The molecule has 1 aliphatic rings. The molecule has 8 heteroatoms. The summed E-state index contributed by atoms with van der Waals surface area (Å²) >= 11 is 0. The Bertz CT molecular complexity index is 1300. The number of hydrogen-bond acceptors (Lipinski definition) is 5. The quantitative estimate of drug-likeness (QED) is 0.552. The minimum absolute atomic E-state index is 0.0373. The second-order valence-electron chi connectivity index (χ2n) is 7.32. The Kier molecular flexibility index (Phi) is 5.83. The molecular formula is C25H20F2N2O4. The summed E-state index contributed by atoms with van der Waals surface area (Å²) in [5, 5.41) is 2.99. The average Bonchev–Trinajstić information content (AvgIpc) is 3.04. The highest BCUT2D eigenvalue weighted by molar-refractivity contribution is 6.46. The maximum absolute atomic E-state index is 14.6. The number of hydrogen-bond donors (Lipinski definition) is 1. The number of benzene rings is 3. The van der Waals surface area contributed by atoms with E-state index in [4.69, 9.17) is 9.47 Å². The zero-order valence-corrected chi connectivity index (χ0v) is 18.1. The van der Waals surface area contributed by atoms with Gasteiger partial charge in [-0.25, -0.2) is 13.7 Å². The lowest BCUT2D eigenvalue weighted by Gasteiger charge is -2.17. The van der Waals surface area contributed by atoms with Crippen LogP contribution < -0.4 is 19.7 Å². The summed E-state index contributed by atoms with van der Waals surface area (Å²) < 4.78 is 39.2. The predicted octanol–water partition coefficient (Wildman–Crippen LogP) is 4.69. The van der Waals surface area contributed by atoms with Crippen LogP contribution in [0.15, 0.2) is 66.4 Å². The number of nitrogens with one attached hydrogen (secondary N) is 1. The maximum atomic E-state index is 14.6. The first-order valence-electron chi connectivity index (χ1n) is 9.99. The lowest BCUT2D eigenvalue weighted by atomic mass is 10.0. The molecule has 0 unspecified atom stereocenters. The van der Waals surface area contributed by atoms with Crippen molar-refractivity contribution in [1.29, 1.82) is 0 Å². The summed E-state index contributed by atoms with van der Waals surface area (Å²) in [6.07, 6.45) is 0. The molecule has 0 saturated heterocycles. The minimum atomic E-state index is -0.910. The summed E-state index contributed by atoms with van der Waals surface area (Å²) in [7, 11) is 2.91. The smallest absolute Gasteiger partial charge is 0.282 e. The second kappa shape index (κ2) is 8.74. The van der Waals surface area contributed by atoms with E-state index in [1.54, 1.807) is 36.4 Å². The predicted molar refractivity (Wildman–Crippen MR) is 120 cm³/mol. The molecule has 1 N–H and O–H groups in total. The normalized spacial score (nSPS) is 13.5. The van der Waals surface area contributed by atoms with Crippen LogP contribution in [0.2, 0.25) is 0 Å². The van der Waals surface area contributed by atoms with Gasteiger partial charge < -0.3 is 14.8 Å². The number of halogens is 2. The molecule has 0 radical (unpaired) electrons. The monoisotopic (exact) mass is 450 g/mol. The number of para-hydroxylation sites is 1. The Balaban J connectivity index is 1.92. The van der Waals surface area contributed by atoms with Crippen molar-refractivity contribution in [2.45, 2.75) is 6.92 Å². The van der Waals surface area contributed by atoms with Crippen LogP contribution in [-0.4, -0.2) is 26.0 Å². The van der Waals surface area contributed by atoms with Gasteiger partial charge in [-0.3, -0.25) is 9.59 Å². The first-order chi connectivity index (χ1) is 15.8. The molecule has 0 bridgehead atoms. The fourth-order valence-corrected chi connectivity index (χ4v) is 3.68. The van der Waals surface area contributed by atoms with E-state index < -0.39 is 29.1 Å². The van der Waals surface area contributed by atoms with Crippen molar-refractivity contribution in [2.75, 3.05) is 24.4 Å². The van der Waals surface area contributed by atoms with Crippen molar-refractivity contribution in [3.63, 3.8) is 0 Å². The fraction of sp³-hybridized carbons (Fsp3) is 0.120. The number of nitrogens with zero attached hydrogens (tertiary/aromatic N) is 1. The Hall–Kier alpha value is -4.20. The van der Waals surface area contributed by atoms with Gasteiger partial charge in [-0.15, -0.1) is 0 Å². The van der Waals surface area contributed by atoms with Gasteiger partial charge in [-0.05, 0) is 42.8 Å². The van der Waals surface area contributed by atoms with Crippen molar-refractivity contribution in [2.24, 2.45) is 0 Å². The third-order valence-electron chi connectivity index (χ3n) is 5.22. The van der Waals surface area contributed by atoms with Crippen molar-refractivity contribution < 1.29 is 27.8 Å². The van der Waals surface area contributed by atoms with E-state index in [9.17, 15) is 18.4 Å². The maximum Gasteiger partial charge on any atom is 0.282 e. The van der Waals surface area contributed by atoms with E-state index >= 15 is 0 Å². The average molecular weight is 450 g/mol. The van der Waals surface area contributed by atoms with Gasteiger partial charge in [0.15, 0.2) is 0 Å². The highest BCUT2D eigenvalue weighted by atomic mass is 19.1. The molecule has 0 fully saturated rings. The topological polar surface area (TPSA) is 67.9 Å². The first kappa shape index (κ1) is 22.0. The van der Waals surface area contributed by atoms with Gasteiger partial charge >= 0.3 is 0 Å². The molecule has 6 nitrogen and oxygen atoms in total. The lowest BCUT2D eigenvalue weighted by molar-refractivity contribution is -0.120. The molecule has 33 heavy (non-hydrogen) atoms. The second-order valence-corrected chi connectivity index (χ2v) is 7.32. The first-order valence-corrected chi connectivity index (χ1v) is 9.99. The highest BCUT2D eigenvalue weighted by Gasteiger charge is 2.42. The summed E-state index contributed by atoms with van der Waals surface area (Å²) in [5.74, 6) is -2.58. The van der Waals surface area contributed by atoms with E-state index in [0.717, 1.165) is 23.8 Å². The number of carbonyl (C=O) groups is 2.